The van der Waals surface area contributed by atoms with E-state index in [2.05, 4.69) is 10.6 Å². The number of para-hydroxylation sites is 1. The van der Waals surface area contributed by atoms with Crippen molar-refractivity contribution in [3.63, 3.8) is 0 Å². The molecule has 25 heavy (non-hydrogen) atoms. The second-order valence-corrected chi connectivity index (χ2v) is 6.36. The Hall–Kier alpha value is -2.60. The van der Waals surface area contributed by atoms with E-state index in [4.69, 9.17) is 4.74 Å². The molecule has 0 radical (unpaired) electrons. The van der Waals surface area contributed by atoms with Crippen LogP contribution in [0.1, 0.15) is 27.7 Å². The minimum absolute atomic E-state index is 0.153. The summed E-state index contributed by atoms with van der Waals surface area (Å²) >= 11 is 0. The van der Waals surface area contributed by atoms with Crippen LogP contribution in [0.5, 0.6) is 0 Å². The van der Waals surface area contributed by atoms with Gasteiger partial charge in [-0.05, 0) is 36.2 Å². The second kappa shape index (κ2) is 6.37. The van der Waals surface area contributed by atoms with Crippen molar-refractivity contribution < 1.29 is 13.9 Å². The largest absolute Gasteiger partial charge is 0.378 e. The number of nitrogens with zero attached hydrogens (tertiary/aromatic N) is 1. The summed E-state index contributed by atoms with van der Waals surface area (Å²) in [5.74, 6) is -0.439. The fraction of sp³-hybridized carbons (Fsp3) is 0.316. The first-order valence-corrected chi connectivity index (χ1v) is 8.42. The van der Waals surface area contributed by atoms with Crippen molar-refractivity contribution >= 4 is 17.3 Å². The molecule has 1 atom stereocenters. The summed E-state index contributed by atoms with van der Waals surface area (Å²) in [5.41, 5.74) is 3.67. The smallest absolute Gasteiger partial charge is 0.255 e. The molecule has 1 saturated heterocycles. The topological polar surface area (TPSA) is 53.6 Å². The predicted octanol–water partition coefficient (Wildman–Crippen LogP) is 2.82. The molecule has 1 fully saturated rings. The third kappa shape index (κ3) is 2.93. The highest BCUT2D eigenvalue weighted by Gasteiger charge is 2.26. The molecule has 2 N–H and O–H groups in total. The number of fused-ring (bicyclic) bond motifs is 1. The van der Waals surface area contributed by atoms with Crippen LogP contribution in [-0.4, -0.2) is 32.2 Å². The molecule has 0 aliphatic carbocycles. The molecule has 130 valence electrons. The van der Waals surface area contributed by atoms with E-state index in [1.54, 1.807) is 12.1 Å². The molecular weight excluding hydrogens is 321 g/mol. The summed E-state index contributed by atoms with van der Waals surface area (Å²) in [4.78, 5) is 14.3. The van der Waals surface area contributed by atoms with Gasteiger partial charge in [-0.3, -0.25) is 4.79 Å². The quantitative estimate of drug-likeness (QED) is 0.882. The molecule has 4 rings (SSSR count). The zero-order chi connectivity index (χ0) is 17.4. The Morgan fingerprint density at radius 1 is 1.16 bits per heavy atom. The maximum Gasteiger partial charge on any atom is 0.255 e. The molecule has 5 nitrogen and oxygen atoms in total. The number of aryl methyl sites for hydroxylation is 1. The molecule has 2 aliphatic heterocycles. The van der Waals surface area contributed by atoms with Crippen molar-refractivity contribution in [3.8, 4) is 0 Å². The van der Waals surface area contributed by atoms with Gasteiger partial charge in [0.05, 0.1) is 30.2 Å². The summed E-state index contributed by atoms with van der Waals surface area (Å²) in [5, 5.41) is 6.20. The first kappa shape index (κ1) is 15.9. The van der Waals surface area contributed by atoms with E-state index in [9.17, 15) is 9.18 Å². The lowest BCUT2D eigenvalue weighted by Gasteiger charge is -2.31. The maximum atomic E-state index is 14.6. The minimum Gasteiger partial charge on any atom is -0.378 e. The number of benzene rings is 2. The summed E-state index contributed by atoms with van der Waals surface area (Å²) in [7, 11) is 0. The Morgan fingerprint density at radius 2 is 1.96 bits per heavy atom. The number of ether oxygens (including phenoxy) is 1. The molecule has 6 heteroatoms. The lowest BCUT2D eigenvalue weighted by molar-refractivity contribution is 0.0935. The fourth-order valence-electron chi connectivity index (χ4n) is 3.37. The standard InChI is InChI=1S/C19H20FN3O2/c1-12-3-2-4-14-17(12)21-18(22-19(14)24)13-5-6-16(15(20)11-13)23-7-9-25-10-8-23/h2-6,11,18,21H,7-10H2,1H3,(H,22,24)/t18-/m0/s1. The number of carbonyl (C=O) groups excluding carboxylic acids is 1. The number of carbonyl (C=O) groups is 1. The molecule has 2 aliphatic rings. The van der Waals surface area contributed by atoms with Crippen molar-refractivity contribution in [2.45, 2.75) is 13.1 Å². The minimum atomic E-state index is -0.450. The van der Waals surface area contributed by atoms with Gasteiger partial charge in [-0.2, -0.15) is 0 Å². The van der Waals surface area contributed by atoms with Crippen LogP contribution in [-0.2, 0) is 4.74 Å². The van der Waals surface area contributed by atoms with Crippen molar-refractivity contribution in [2.75, 3.05) is 36.5 Å². The molecule has 2 aromatic rings. The molecule has 0 saturated carbocycles. The van der Waals surface area contributed by atoms with Crippen LogP contribution in [0.2, 0.25) is 0 Å². The summed E-state index contributed by atoms with van der Waals surface area (Å²) < 4.78 is 20.0. The number of anilines is 2. The molecule has 0 bridgehead atoms. The summed E-state index contributed by atoms with van der Waals surface area (Å²) in [6.45, 7) is 4.53. The second-order valence-electron chi connectivity index (χ2n) is 6.36. The van der Waals surface area contributed by atoms with E-state index >= 15 is 0 Å². The molecule has 2 aromatic carbocycles. The van der Waals surface area contributed by atoms with Gasteiger partial charge in [0.1, 0.15) is 12.0 Å². The Morgan fingerprint density at radius 3 is 2.72 bits per heavy atom. The van der Waals surface area contributed by atoms with E-state index in [0.29, 0.717) is 43.1 Å². The first-order valence-electron chi connectivity index (χ1n) is 8.42. The Balaban J connectivity index is 1.61. The van der Waals surface area contributed by atoms with Gasteiger partial charge in [0.25, 0.3) is 5.91 Å². The zero-order valence-electron chi connectivity index (χ0n) is 14.0. The van der Waals surface area contributed by atoms with Crippen molar-refractivity contribution in [1.82, 2.24) is 5.32 Å². The monoisotopic (exact) mass is 341 g/mol. The highest BCUT2D eigenvalue weighted by molar-refractivity contribution is 6.02. The molecule has 1 amide bonds. The van der Waals surface area contributed by atoms with Crippen LogP contribution in [0.3, 0.4) is 0 Å². The van der Waals surface area contributed by atoms with Gasteiger partial charge in [0.2, 0.25) is 0 Å². The number of hydrogen-bond donors (Lipinski definition) is 2. The predicted molar refractivity (Wildman–Crippen MR) is 94.4 cm³/mol. The number of nitrogens with one attached hydrogen (secondary N) is 2. The molecule has 0 aromatic heterocycles. The van der Waals surface area contributed by atoms with Gasteiger partial charge in [0, 0.05) is 13.1 Å². The van der Waals surface area contributed by atoms with Crippen LogP contribution >= 0.6 is 0 Å². The number of amides is 1. The SMILES string of the molecule is Cc1cccc2c1N[C@H](c1ccc(N3CCOCC3)c(F)c1)NC2=O. The van der Waals surface area contributed by atoms with E-state index in [-0.39, 0.29) is 11.7 Å². The fourth-order valence-corrected chi connectivity index (χ4v) is 3.37. The third-order valence-corrected chi connectivity index (χ3v) is 4.74. The molecule has 2 heterocycles. The van der Waals surface area contributed by atoms with E-state index in [1.807, 2.05) is 30.0 Å². The van der Waals surface area contributed by atoms with Gasteiger partial charge in [-0.15, -0.1) is 0 Å². The zero-order valence-corrected chi connectivity index (χ0v) is 14.0. The average Bonchev–Trinajstić information content (AvgIpc) is 2.63. The van der Waals surface area contributed by atoms with E-state index in [0.717, 1.165) is 11.3 Å². The average molecular weight is 341 g/mol. The van der Waals surface area contributed by atoms with Gasteiger partial charge in [-0.1, -0.05) is 18.2 Å². The van der Waals surface area contributed by atoms with Gasteiger partial charge in [0.15, 0.2) is 0 Å². The van der Waals surface area contributed by atoms with Gasteiger partial charge >= 0.3 is 0 Å². The van der Waals surface area contributed by atoms with Crippen LogP contribution < -0.4 is 15.5 Å². The highest BCUT2D eigenvalue weighted by atomic mass is 19.1. The van der Waals surface area contributed by atoms with E-state index in [1.165, 1.54) is 6.07 Å². The highest BCUT2D eigenvalue weighted by Crippen LogP contribution is 2.31. The summed E-state index contributed by atoms with van der Waals surface area (Å²) in [6.07, 6.45) is -0.450. The first-order chi connectivity index (χ1) is 12.1. The van der Waals surface area contributed by atoms with Crippen LogP contribution in [0.15, 0.2) is 36.4 Å². The number of halogens is 1. The molecule has 0 unspecified atom stereocenters. The normalized spacial score (nSPS) is 19.8. The van der Waals surface area contributed by atoms with Crippen LogP contribution in [0.25, 0.3) is 0 Å². The number of morpholine rings is 1. The molecule has 0 spiro atoms. The lowest BCUT2D eigenvalue weighted by Crippen LogP contribution is -2.39. The van der Waals surface area contributed by atoms with Crippen molar-refractivity contribution in [2.24, 2.45) is 0 Å². The summed E-state index contributed by atoms with van der Waals surface area (Å²) in [6, 6.07) is 10.7. The van der Waals surface area contributed by atoms with Crippen molar-refractivity contribution in [1.29, 1.82) is 0 Å². The van der Waals surface area contributed by atoms with Crippen molar-refractivity contribution in [3.05, 3.63) is 58.9 Å². The lowest BCUT2D eigenvalue weighted by atomic mass is 10.0. The Bertz CT molecular complexity index is 818. The third-order valence-electron chi connectivity index (χ3n) is 4.74. The van der Waals surface area contributed by atoms with Crippen LogP contribution in [0.4, 0.5) is 15.8 Å². The van der Waals surface area contributed by atoms with E-state index < -0.39 is 6.17 Å². The maximum absolute atomic E-state index is 14.6. The van der Waals surface area contributed by atoms with Crippen LogP contribution in [0, 0.1) is 12.7 Å². The number of hydrogen-bond acceptors (Lipinski definition) is 4. The van der Waals surface area contributed by atoms with Gasteiger partial charge in [-0.25, -0.2) is 4.39 Å². The molecular formula is C19H20FN3O2. The Labute approximate surface area is 145 Å². The Kier molecular flexibility index (Phi) is 4.05. The van der Waals surface area contributed by atoms with Gasteiger partial charge < -0.3 is 20.3 Å². The number of rotatable bonds is 2.